The van der Waals surface area contributed by atoms with E-state index in [-0.39, 0.29) is 18.7 Å². The third-order valence-electron chi connectivity index (χ3n) is 2.90. The van der Waals surface area contributed by atoms with E-state index in [9.17, 15) is 13.2 Å². The highest BCUT2D eigenvalue weighted by Gasteiger charge is 2.28. The predicted octanol–water partition coefficient (Wildman–Crippen LogP) is 2.73. The molecule has 0 aromatic carbocycles. The molecule has 1 fully saturated rings. The van der Waals surface area contributed by atoms with Crippen LogP contribution < -0.4 is 5.32 Å². The maximum absolute atomic E-state index is 12.0. The van der Waals surface area contributed by atoms with Crippen molar-refractivity contribution in [3.05, 3.63) is 0 Å². The van der Waals surface area contributed by atoms with Crippen molar-refractivity contribution in [2.75, 3.05) is 13.2 Å². The van der Waals surface area contributed by atoms with Crippen LogP contribution in [0.2, 0.25) is 0 Å². The quantitative estimate of drug-likeness (QED) is 0.814. The van der Waals surface area contributed by atoms with Crippen LogP contribution in [0.4, 0.5) is 13.2 Å². The number of hydrogen-bond donors (Lipinski definition) is 1. The summed E-state index contributed by atoms with van der Waals surface area (Å²) in [4.78, 5) is 0. The Labute approximate surface area is 94.5 Å². The van der Waals surface area contributed by atoms with Gasteiger partial charge in [-0.25, -0.2) is 0 Å². The highest BCUT2D eigenvalue weighted by atomic mass is 19.4. The Hall–Kier alpha value is -0.290. The van der Waals surface area contributed by atoms with Gasteiger partial charge in [0.15, 0.2) is 0 Å². The molecule has 0 amide bonds. The summed E-state index contributed by atoms with van der Waals surface area (Å²) in [5.41, 5.74) is 0. The first-order valence-electron chi connectivity index (χ1n) is 5.80. The predicted molar refractivity (Wildman–Crippen MR) is 56.3 cm³/mol. The molecule has 0 bridgehead atoms. The fourth-order valence-electron chi connectivity index (χ4n) is 1.90. The van der Waals surface area contributed by atoms with Gasteiger partial charge in [-0.05, 0) is 18.8 Å². The van der Waals surface area contributed by atoms with Crippen molar-refractivity contribution < 1.29 is 17.9 Å². The Kier molecular flexibility index (Phi) is 5.05. The monoisotopic (exact) mass is 239 g/mol. The van der Waals surface area contributed by atoms with E-state index in [1.807, 2.05) is 0 Å². The summed E-state index contributed by atoms with van der Waals surface area (Å²) in [5, 5.41) is 2.96. The number of halogens is 3. The van der Waals surface area contributed by atoms with Gasteiger partial charge in [-0.15, -0.1) is 0 Å². The Morgan fingerprint density at radius 2 is 2.06 bits per heavy atom. The standard InChI is InChI=1S/C11H20F3NO/c1-8(2)10-7-9(3-6-16-10)15-5-4-11(12,13)14/h8-10,15H,3-7H2,1-2H3. The molecule has 1 aliphatic rings. The van der Waals surface area contributed by atoms with Gasteiger partial charge in [-0.2, -0.15) is 13.2 Å². The fraction of sp³-hybridized carbons (Fsp3) is 1.00. The average Bonchev–Trinajstić information content (AvgIpc) is 2.16. The lowest BCUT2D eigenvalue weighted by Crippen LogP contribution is -2.41. The summed E-state index contributed by atoms with van der Waals surface area (Å²) in [6, 6.07) is 0.170. The first kappa shape index (κ1) is 13.8. The molecule has 0 aromatic heterocycles. The molecule has 0 aromatic rings. The van der Waals surface area contributed by atoms with Crippen molar-refractivity contribution in [3.63, 3.8) is 0 Å². The number of rotatable bonds is 4. The summed E-state index contributed by atoms with van der Waals surface area (Å²) in [7, 11) is 0. The molecule has 0 radical (unpaired) electrons. The zero-order chi connectivity index (χ0) is 12.2. The Morgan fingerprint density at radius 1 is 1.38 bits per heavy atom. The molecule has 5 heteroatoms. The molecule has 0 saturated carbocycles. The molecule has 16 heavy (non-hydrogen) atoms. The molecule has 96 valence electrons. The van der Waals surface area contributed by atoms with Gasteiger partial charge in [-0.3, -0.25) is 0 Å². The zero-order valence-electron chi connectivity index (χ0n) is 9.81. The number of ether oxygens (including phenoxy) is 1. The van der Waals surface area contributed by atoms with Crippen molar-refractivity contribution in [2.45, 2.75) is 51.4 Å². The molecular weight excluding hydrogens is 219 g/mol. The second kappa shape index (κ2) is 5.87. The van der Waals surface area contributed by atoms with Gasteiger partial charge in [0.05, 0.1) is 12.5 Å². The van der Waals surface area contributed by atoms with Gasteiger partial charge >= 0.3 is 6.18 Å². The third kappa shape index (κ3) is 5.16. The molecule has 0 spiro atoms. The summed E-state index contributed by atoms with van der Waals surface area (Å²) >= 11 is 0. The third-order valence-corrected chi connectivity index (χ3v) is 2.90. The Balaban J connectivity index is 2.22. The van der Waals surface area contributed by atoms with E-state index in [1.165, 1.54) is 0 Å². The van der Waals surface area contributed by atoms with Gasteiger partial charge < -0.3 is 10.1 Å². The first-order valence-corrected chi connectivity index (χ1v) is 5.80. The van der Waals surface area contributed by atoms with Crippen LogP contribution in [-0.2, 0) is 4.74 Å². The van der Waals surface area contributed by atoms with Crippen molar-refractivity contribution in [1.29, 1.82) is 0 Å². The molecule has 2 unspecified atom stereocenters. The molecule has 0 aliphatic carbocycles. The van der Waals surface area contributed by atoms with Crippen LogP contribution in [0, 0.1) is 5.92 Å². The molecule has 1 heterocycles. The minimum Gasteiger partial charge on any atom is -0.378 e. The fourth-order valence-corrected chi connectivity index (χ4v) is 1.90. The Morgan fingerprint density at radius 3 is 2.62 bits per heavy atom. The number of nitrogens with one attached hydrogen (secondary N) is 1. The topological polar surface area (TPSA) is 21.3 Å². The molecule has 1 N–H and O–H groups in total. The highest BCUT2D eigenvalue weighted by molar-refractivity contribution is 4.78. The molecule has 1 rings (SSSR count). The van der Waals surface area contributed by atoms with E-state index < -0.39 is 12.6 Å². The normalized spacial score (nSPS) is 27.4. The van der Waals surface area contributed by atoms with Crippen molar-refractivity contribution in [3.8, 4) is 0 Å². The molecule has 2 atom stereocenters. The maximum atomic E-state index is 12.0. The van der Waals surface area contributed by atoms with Crippen LogP contribution in [0.25, 0.3) is 0 Å². The Bertz CT molecular complexity index is 206. The van der Waals surface area contributed by atoms with Crippen LogP contribution in [0.3, 0.4) is 0 Å². The summed E-state index contributed by atoms with van der Waals surface area (Å²) < 4.78 is 41.4. The van der Waals surface area contributed by atoms with Gasteiger partial charge in [0.1, 0.15) is 0 Å². The van der Waals surface area contributed by atoms with Gasteiger partial charge in [0.2, 0.25) is 0 Å². The van der Waals surface area contributed by atoms with Crippen molar-refractivity contribution >= 4 is 0 Å². The zero-order valence-corrected chi connectivity index (χ0v) is 9.81. The van der Waals surface area contributed by atoms with E-state index in [1.54, 1.807) is 0 Å². The van der Waals surface area contributed by atoms with E-state index in [2.05, 4.69) is 19.2 Å². The molecule has 1 saturated heterocycles. The smallest absolute Gasteiger partial charge is 0.378 e. The summed E-state index contributed by atoms with van der Waals surface area (Å²) in [6.07, 6.45) is -3.01. The highest BCUT2D eigenvalue weighted by Crippen LogP contribution is 2.21. The van der Waals surface area contributed by atoms with E-state index in [0.29, 0.717) is 12.5 Å². The van der Waals surface area contributed by atoms with Crippen LogP contribution in [-0.4, -0.2) is 31.5 Å². The summed E-state index contributed by atoms with van der Waals surface area (Å²) in [5.74, 6) is 0.423. The van der Waals surface area contributed by atoms with Gasteiger partial charge in [0, 0.05) is 19.2 Å². The second-order valence-electron chi connectivity index (χ2n) is 4.69. The molecular formula is C11H20F3NO. The van der Waals surface area contributed by atoms with Crippen LogP contribution in [0.5, 0.6) is 0 Å². The first-order chi connectivity index (χ1) is 7.38. The van der Waals surface area contributed by atoms with E-state index in [0.717, 1.165) is 12.8 Å². The second-order valence-corrected chi connectivity index (χ2v) is 4.69. The van der Waals surface area contributed by atoms with Crippen LogP contribution in [0.1, 0.15) is 33.1 Å². The van der Waals surface area contributed by atoms with Crippen LogP contribution >= 0.6 is 0 Å². The molecule has 2 nitrogen and oxygen atoms in total. The van der Waals surface area contributed by atoms with Crippen molar-refractivity contribution in [1.82, 2.24) is 5.32 Å². The number of alkyl halides is 3. The van der Waals surface area contributed by atoms with Crippen LogP contribution in [0.15, 0.2) is 0 Å². The summed E-state index contributed by atoms with van der Waals surface area (Å²) in [6.45, 7) is 4.80. The maximum Gasteiger partial charge on any atom is 0.390 e. The molecule has 1 aliphatic heterocycles. The minimum absolute atomic E-state index is 0.0129. The van der Waals surface area contributed by atoms with Gasteiger partial charge in [0.25, 0.3) is 0 Å². The van der Waals surface area contributed by atoms with E-state index in [4.69, 9.17) is 4.74 Å². The lowest BCUT2D eigenvalue weighted by Gasteiger charge is -2.32. The van der Waals surface area contributed by atoms with Gasteiger partial charge in [-0.1, -0.05) is 13.8 Å². The SMILES string of the molecule is CC(C)C1CC(NCCC(F)(F)F)CCO1. The number of hydrogen-bond acceptors (Lipinski definition) is 2. The lowest BCUT2D eigenvalue weighted by molar-refractivity contribution is -0.134. The largest absolute Gasteiger partial charge is 0.390 e. The lowest BCUT2D eigenvalue weighted by atomic mass is 9.95. The van der Waals surface area contributed by atoms with Crippen molar-refractivity contribution in [2.24, 2.45) is 5.92 Å². The van der Waals surface area contributed by atoms with E-state index >= 15 is 0 Å². The minimum atomic E-state index is -4.06. The average molecular weight is 239 g/mol.